The Morgan fingerprint density at radius 3 is 2.53 bits per heavy atom. The number of hydrogen-bond acceptors (Lipinski definition) is 3. The molecule has 0 atom stereocenters. The second-order valence-corrected chi connectivity index (χ2v) is 5.29. The number of carboxylic acids is 1. The third-order valence-corrected chi connectivity index (χ3v) is 4.02. The molecule has 0 unspecified atom stereocenters. The average molecular weight is 256 g/mol. The summed E-state index contributed by atoms with van der Waals surface area (Å²) in [4.78, 5) is 24.8. The number of urea groups is 1. The molecule has 1 saturated carbocycles. The van der Waals surface area contributed by atoms with Gasteiger partial charge in [-0.2, -0.15) is 0 Å². The predicted octanol–water partition coefficient (Wildman–Crippen LogP) is 1.96. The Morgan fingerprint density at radius 1 is 1.29 bits per heavy atom. The Morgan fingerprint density at radius 2 is 2.00 bits per heavy atom. The minimum absolute atomic E-state index is 0.310. The van der Waals surface area contributed by atoms with Crippen molar-refractivity contribution < 1.29 is 14.7 Å². The van der Waals surface area contributed by atoms with Crippen LogP contribution in [0.4, 0.5) is 4.79 Å². The Bertz CT molecular complexity index is 351. The molecule has 94 valence electrons. The zero-order chi connectivity index (χ0) is 12.3. The molecule has 17 heavy (non-hydrogen) atoms. The van der Waals surface area contributed by atoms with Crippen molar-refractivity contribution in [2.45, 2.75) is 37.6 Å². The highest BCUT2D eigenvalue weighted by Crippen LogP contribution is 2.29. The number of carbonyl (C=O) groups excluding carboxylic acids is 1. The quantitative estimate of drug-likeness (QED) is 0.792. The third kappa shape index (κ3) is 2.57. The molecule has 6 heteroatoms. The van der Waals surface area contributed by atoms with Crippen LogP contribution in [0.5, 0.6) is 0 Å². The maximum atomic E-state index is 11.9. The van der Waals surface area contributed by atoms with Gasteiger partial charge in [-0.3, -0.25) is 4.90 Å². The Balaban J connectivity index is 2.04. The Kier molecular flexibility index (Phi) is 3.61. The number of nitrogens with zero attached hydrogens (tertiary/aromatic N) is 1. The summed E-state index contributed by atoms with van der Waals surface area (Å²) in [6.45, 7) is 0. The lowest BCUT2D eigenvalue weighted by molar-refractivity contribution is -0.145. The first-order valence-electron chi connectivity index (χ1n) is 5.74. The summed E-state index contributed by atoms with van der Waals surface area (Å²) in [6.07, 6.45) is 5.49. The van der Waals surface area contributed by atoms with Crippen molar-refractivity contribution in [3.63, 3.8) is 0 Å². The summed E-state index contributed by atoms with van der Waals surface area (Å²) in [5.41, 5.74) is -1.06. The van der Waals surface area contributed by atoms with Gasteiger partial charge in [-0.15, -0.1) is 11.8 Å². The number of nitrogens with one attached hydrogen (secondary N) is 1. The van der Waals surface area contributed by atoms with Crippen molar-refractivity contribution in [3.05, 3.63) is 11.6 Å². The SMILES string of the molecule is O=C(NC1(C(=O)O)CCCCC1)N1C=CSC1. The summed E-state index contributed by atoms with van der Waals surface area (Å²) in [7, 11) is 0. The zero-order valence-corrected chi connectivity index (χ0v) is 10.3. The standard InChI is InChI=1S/C11H16N2O3S/c14-9(15)11(4-2-1-3-5-11)12-10(16)13-6-7-17-8-13/h6-7H,1-5,8H2,(H,12,16)(H,14,15). The van der Waals surface area contributed by atoms with E-state index in [9.17, 15) is 14.7 Å². The summed E-state index contributed by atoms with van der Waals surface area (Å²) in [5, 5.41) is 13.8. The molecule has 1 heterocycles. The van der Waals surface area contributed by atoms with Gasteiger partial charge in [0.05, 0.1) is 5.88 Å². The van der Waals surface area contributed by atoms with E-state index in [1.807, 2.05) is 5.41 Å². The first kappa shape index (κ1) is 12.3. The molecule has 0 aromatic carbocycles. The molecule has 0 bridgehead atoms. The number of thioether (sulfide) groups is 1. The molecular formula is C11H16N2O3S. The molecule has 1 aliphatic carbocycles. The topological polar surface area (TPSA) is 69.6 Å². The second-order valence-electron chi connectivity index (χ2n) is 4.43. The van der Waals surface area contributed by atoms with Crippen LogP contribution in [0, 0.1) is 0 Å². The molecule has 1 aliphatic heterocycles. The van der Waals surface area contributed by atoms with Crippen LogP contribution in [0.25, 0.3) is 0 Å². The molecule has 0 saturated heterocycles. The van der Waals surface area contributed by atoms with Gasteiger partial charge < -0.3 is 10.4 Å². The number of hydrogen-bond donors (Lipinski definition) is 2. The van der Waals surface area contributed by atoms with E-state index in [0.717, 1.165) is 19.3 Å². The molecule has 0 aromatic rings. The van der Waals surface area contributed by atoms with Gasteiger partial charge in [-0.25, -0.2) is 9.59 Å². The molecule has 2 aliphatic rings. The fourth-order valence-corrected chi connectivity index (χ4v) is 2.92. The normalized spacial score (nSPS) is 22.5. The minimum Gasteiger partial charge on any atom is -0.480 e. The van der Waals surface area contributed by atoms with Crippen LogP contribution in [0.15, 0.2) is 11.6 Å². The van der Waals surface area contributed by atoms with Gasteiger partial charge in [0, 0.05) is 6.20 Å². The highest BCUT2D eigenvalue weighted by molar-refractivity contribution is 8.02. The van der Waals surface area contributed by atoms with E-state index >= 15 is 0 Å². The van der Waals surface area contributed by atoms with E-state index in [2.05, 4.69) is 5.32 Å². The van der Waals surface area contributed by atoms with Crippen LogP contribution in [-0.4, -0.2) is 33.4 Å². The van der Waals surface area contributed by atoms with Crippen LogP contribution < -0.4 is 5.32 Å². The maximum Gasteiger partial charge on any atom is 0.329 e. The Hall–Kier alpha value is -1.17. The highest BCUT2D eigenvalue weighted by Gasteiger charge is 2.41. The van der Waals surface area contributed by atoms with Crippen molar-refractivity contribution in [1.29, 1.82) is 0 Å². The van der Waals surface area contributed by atoms with Crippen molar-refractivity contribution >= 4 is 23.8 Å². The molecule has 2 rings (SSSR count). The van der Waals surface area contributed by atoms with E-state index in [4.69, 9.17) is 0 Å². The smallest absolute Gasteiger partial charge is 0.329 e. The van der Waals surface area contributed by atoms with E-state index in [0.29, 0.717) is 18.7 Å². The van der Waals surface area contributed by atoms with Gasteiger partial charge in [0.25, 0.3) is 0 Å². The number of amides is 2. The van der Waals surface area contributed by atoms with Crippen molar-refractivity contribution in [2.24, 2.45) is 0 Å². The van der Waals surface area contributed by atoms with E-state index in [1.165, 1.54) is 16.7 Å². The summed E-state index contributed by atoms with van der Waals surface area (Å²) in [5.74, 6) is -0.358. The van der Waals surface area contributed by atoms with Crippen LogP contribution in [0.1, 0.15) is 32.1 Å². The highest BCUT2D eigenvalue weighted by atomic mass is 32.2. The zero-order valence-electron chi connectivity index (χ0n) is 9.52. The van der Waals surface area contributed by atoms with E-state index < -0.39 is 11.5 Å². The van der Waals surface area contributed by atoms with Gasteiger partial charge in [-0.05, 0) is 18.2 Å². The molecule has 0 spiro atoms. The molecule has 0 aromatic heterocycles. The lowest BCUT2D eigenvalue weighted by Gasteiger charge is -2.34. The predicted molar refractivity (Wildman–Crippen MR) is 65.4 cm³/mol. The van der Waals surface area contributed by atoms with Gasteiger partial charge in [-0.1, -0.05) is 19.3 Å². The second kappa shape index (κ2) is 5.00. The number of rotatable bonds is 2. The molecule has 5 nitrogen and oxygen atoms in total. The van der Waals surface area contributed by atoms with Gasteiger partial charge in [0.2, 0.25) is 0 Å². The summed E-state index contributed by atoms with van der Waals surface area (Å²) >= 11 is 1.52. The first-order valence-corrected chi connectivity index (χ1v) is 6.79. The lowest BCUT2D eigenvalue weighted by atomic mass is 9.82. The van der Waals surface area contributed by atoms with Crippen molar-refractivity contribution in [2.75, 3.05) is 5.88 Å². The number of carboxylic acid groups (broad SMARTS) is 1. The lowest BCUT2D eigenvalue weighted by Crippen LogP contribution is -2.57. The van der Waals surface area contributed by atoms with Gasteiger partial charge in [0.15, 0.2) is 0 Å². The largest absolute Gasteiger partial charge is 0.480 e. The van der Waals surface area contributed by atoms with Crippen molar-refractivity contribution in [3.8, 4) is 0 Å². The molecule has 1 fully saturated rings. The molecular weight excluding hydrogens is 240 g/mol. The van der Waals surface area contributed by atoms with Crippen LogP contribution in [0.3, 0.4) is 0 Å². The number of aliphatic carboxylic acids is 1. The average Bonchev–Trinajstić information content (AvgIpc) is 2.83. The summed E-state index contributed by atoms with van der Waals surface area (Å²) in [6, 6.07) is -0.310. The molecule has 2 N–H and O–H groups in total. The van der Waals surface area contributed by atoms with Crippen LogP contribution in [0.2, 0.25) is 0 Å². The van der Waals surface area contributed by atoms with E-state index in [1.54, 1.807) is 6.20 Å². The van der Waals surface area contributed by atoms with Gasteiger partial charge in [0.1, 0.15) is 5.54 Å². The maximum absolute atomic E-state index is 11.9. The van der Waals surface area contributed by atoms with Crippen molar-refractivity contribution in [1.82, 2.24) is 10.2 Å². The summed E-state index contributed by atoms with van der Waals surface area (Å²) < 4.78 is 0. The fraction of sp³-hybridized carbons (Fsp3) is 0.636. The minimum atomic E-state index is -1.06. The monoisotopic (exact) mass is 256 g/mol. The molecule has 2 amide bonds. The van der Waals surface area contributed by atoms with Crippen LogP contribution >= 0.6 is 11.8 Å². The third-order valence-electron chi connectivity index (χ3n) is 3.27. The first-order chi connectivity index (χ1) is 8.14. The van der Waals surface area contributed by atoms with Crippen LogP contribution in [-0.2, 0) is 4.79 Å². The Labute approximate surface area is 104 Å². The van der Waals surface area contributed by atoms with Gasteiger partial charge >= 0.3 is 12.0 Å². The fourth-order valence-electron chi connectivity index (χ4n) is 2.23. The van der Waals surface area contributed by atoms with E-state index in [-0.39, 0.29) is 6.03 Å². The molecule has 0 radical (unpaired) electrons. The number of carbonyl (C=O) groups is 2.